The quantitative estimate of drug-likeness (QED) is 0.134. The van der Waals surface area contributed by atoms with Crippen molar-refractivity contribution in [1.82, 2.24) is 40.4 Å². The molecule has 2 aliphatic heterocycles. The fourth-order valence-electron chi connectivity index (χ4n) is 7.78. The Bertz CT molecular complexity index is 2330. The topological polar surface area (TPSA) is 202 Å². The van der Waals surface area contributed by atoms with Crippen LogP contribution in [0, 0.1) is 0 Å². The number of rotatable bonds is 12. The van der Waals surface area contributed by atoms with Crippen molar-refractivity contribution in [2.75, 3.05) is 54.7 Å². The molecule has 17 heteroatoms. The summed E-state index contributed by atoms with van der Waals surface area (Å²) in [5.41, 5.74) is 5.33. The molecule has 0 unspecified atom stereocenters. The van der Waals surface area contributed by atoms with Crippen LogP contribution in [0.5, 0.6) is 0 Å². The number of alkyl carbamates (subject to hydrolysis) is 2. The summed E-state index contributed by atoms with van der Waals surface area (Å²) in [6.45, 7) is 4.87. The minimum absolute atomic E-state index is 0.237. The van der Waals surface area contributed by atoms with Crippen molar-refractivity contribution in [2.45, 2.75) is 63.1 Å². The average molecular weight is 811 g/mol. The third kappa shape index (κ3) is 8.58. The Hall–Kier alpha value is -6.04. The van der Waals surface area contributed by atoms with Gasteiger partial charge in [-0.2, -0.15) is 0 Å². The fraction of sp³-hybridized carbons (Fsp3) is 0.429. The summed E-state index contributed by atoms with van der Waals surface area (Å²) in [7, 11) is 5.48. The molecule has 2 fully saturated rings. The van der Waals surface area contributed by atoms with Crippen LogP contribution < -0.4 is 10.6 Å². The van der Waals surface area contributed by atoms with Gasteiger partial charge < -0.3 is 54.1 Å². The smallest absolute Gasteiger partial charge is 0.407 e. The third-order valence-corrected chi connectivity index (χ3v) is 11.3. The Kier molecular flexibility index (Phi) is 12.4. The number of likely N-dealkylation sites (tertiary alicyclic amines) is 1. The molecule has 6 atom stereocenters. The monoisotopic (exact) mass is 810 g/mol. The predicted molar refractivity (Wildman–Crippen MR) is 217 cm³/mol. The maximum absolute atomic E-state index is 13.8. The largest absolute Gasteiger partial charge is 0.453 e. The molecule has 312 valence electrons. The second-order valence-electron chi connectivity index (χ2n) is 14.7. The molecule has 0 saturated carbocycles. The number of H-pyrrole nitrogens is 2. The Labute approximate surface area is 341 Å². The summed E-state index contributed by atoms with van der Waals surface area (Å²) in [6, 6.07) is 15.9. The number of hydrogen-bond acceptors (Lipinski definition) is 11. The van der Waals surface area contributed by atoms with Crippen LogP contribution in [0.25, 0.3) is 44.2 Å². The van der Waals surface area contributed by atoms with Crippen molar-refractivity contribution in [1.29, 1.82) is 0 Å². The average Bonchev–Trinajstić information content (AvgIpc) is 4.06. The Morgan fingerprint density at radius 2 is 1.34 bits per heavy atom. The summed E-state index contributed by atoms with van der Waals surface area (Å²) in [4.78, 5) is 71.4. The number of benzene rings is 3. The van der Waals surface area contributed by atoms with Gasteiger partial charge in [0.25, 0.3) is 0 Å². The van der Waals surface area contributed by atoms with Gasteiger partial charge in [-0.15, -0.1) is 0 Å². The van der Waals surface area contributed by atoms with E-state index in [1.54, 1.807) is 29.8 Å². The first-order chi connectivity index (χ1) is 28.5. The zero-order valence-electron chi connectivity index (χ0n) is 33.9. The van der Waals surface area contributed by atoms with Gasteiger partial charge in [-0.25, -0.2) is 19.6 Å². The van der Waals surface area contributed by atoms with Gasteiger partial charge in [0.15, 0.2) is 0 Å². The number of amides is 4. The third-order valence-electron chi connectivity index (χ3n) is 11.3. The van der Waals surface area contributed by atoms with Crippen molar-refractivity contribution in [3.8, 4) is 22.4 Å². The fourth-order valence-corrected chi connectivity index (χ4v) is 7.78. The van der Waals surface area contributed by atoms with E-state index in [1.807, 2.05) is 24.3 Å². The van der Waals surface area contributed by atoms with Gasteiger partial charge >= 0.3 is 12.2 Å². The number of aromatic nitrogens is 4. The highest BCUT2D eigenvalue weighted by Crippen LogP contribution is 2.34. The first-order valence-electron chi connectivity index (χ1n) is 19.6. The van der Waals surface area contributed by atoms with Crippen molar-refractivity contribution >= 4 is 45.8 Å². The van der Waals surface area contributed by atoms with E-state index in [1.165, 1.54) is 28.4 Å². The number of aromatic amines is 2. The predicted octanol–water partition coefficient (Wildman–Crippen LogP) is 4.86. The number of fused-ring (bicyclic) bond motifs is 2. The van der Waals surface area contributed by atoms with Gasteiger partial charge in [-0.05, 0) is 72.9 Å². The number of morpholine rings is 1. The molecule has 0 aliphatic carbocycles. The van der Waals surface area contributed by atoms with Gasteiger partial charge in [0, 0.05) is 32.9 Å². The van der Waals surface area contributed by atoms with Gasteiger partial charge in [0.2, 0.25) is 11.8 Å². The van der Waals surface area contributed by atoms with Crippen LogP contribution >= 0.6 is 0 Å². The van der Waals surface area contributed by atoms with Crippen molar-refractivity contribution in [3.63, 3.8) is 0 Å². The molecule has 17 nitrogen and oxygen atoms in total. The van der Waals surface area contributed by atoms with Gasteiger partial charge in [-0.1, -0.05) is 30.3 Å². The SMILES string of the molecule is COC(=O)N[C@H](C(=O)N1CCC[C@H]1c1ncc(-c2ccc3cc(-c4ccc5nc([C@@H]6COCCN6C(=O)[C@@H](NC(=O)OC)[C@@H](C)OC)[nH]c5c4)ccc3c2)[nH]1)[C@@H](C)OC. The van der Waals surface area contributed by atoms with Gasteiger partial charge in [0.1, 0.15) is 29.8 Å². The Morgan fingerprint density at radius 3 is 1.98 bits per heavy atom. The summed E-state index contributed by atoms with van der Waals surface area (Å²) >= 11 is 0. The van der Waals surface area contributed by atoms with Crippen molar-refractivity contribution in [3.05, 3.63) is 72.4 Å². The molecular formula is C42H50N8O9. The zero-order valence-corrected chi connectivity index (χ0v) is 33.9. The van der Waals surface area contributed by atoms with Crippen LogP contribution in [0.4, 0.5) is 9.59 Å². The van der Waals surface area contributed by atoms with Crippen LogP contribution in [0.1, 0.15) is 50.4 Å². The zero-order chi connectivity index (χ0) is 41.8. The number of carbonyl (C=O) groups excluding carboxylic acids is 4. The lowest BCUT2D eigenvalue weighted by molar-refractivity contribution is -0.146. The first-order valence-corrected chi connectivity index (χ1v) is 19.6. The van der Waals surface area contributed by atoms with E-state index in [0.29, 0.717) is 31.3 Å². The molecule has 0 spiro atoms. The molecule has 59 heavy (non-hydrogen) atoms. The van der Waals surface area contributed by atoms with E-state index in [4.69, 9.17) is 33.7 Å². The summed E-state index contributed by atoms with van der Waals surface area (Å²) in [5, 5.41) is 7.33. The minimum atomic E-state index is -0.965. The molecule has 2 saturated heterocycles. The second kappa shape index (κ2) is 17.8. The number of hydrogen-bond donors (Lipinski definition) is 4. The molecule has 0 bridgehead atoms. The van der Waals surface area contributed by atoms with Crippen LogP contribution in [-0.4, -0.2) is 133 Å². The molecule has 0 radical (unpaired) electrons. The number of nitrogens with zero attached hydrogens (tertiary/aromatic N) is 4. The molecule has 3 aromatic carbocycles. The van der Waals surface area contributed by atoms with E-state index >= 15 is 0 Å². The molecule has 2 aromatic heterocycles. The lowest BCUT2D eigenvalue weighted by Crippen LogP contribution is -2.57. The Balaban J connectivity index is 1.08. The second-order valence-corrected chi connectivity index (χ2v) is 14.7. The minimum Gasteiger partial charge on any atom is -0.453 e. The van der Waals surface area contributed by atoms with Crippen LogP contribution in [0.3, 0.4) is 0 Å². The number of carbonyl (C=O) groups is 4. The van der Waals surface area contributed by atoms with E-state index < -0.39 is 42.5 Å². The van der Waals surface area contributed by atoms with Crippen LogP contribution in [0.2, 0.25) is 0 Å². The highest BCUT2D eigenvalue weighted by Gasteiger charge is 2.40. The van der Waals surface area contributed by atoms with Crippen molar-refractivity contribution < 1.29 is 42.9 Å². The van der Waals surface area contributed by atoms with Gasteiger partial charge in [-0.3, -0.25) is 9.59 Å². The normalized spacial score (nSPS) is 18.9. The molecule has 7 rings (SSSR count). The molecule has 5 aromatic rings. The number of nitrogens with one attached hydrogen (secondary N) is 4. The molecule has 4 heterocycles. The van der Waals surface area contributed by atoms with Gasteiger partial charge in [0.05, 0.1) is 68.6 Å². The lowest BCUT2D eigenvalue weighted by Gasteiger charge is -2.37. The highest BCUT2D eigenvalue weighted by atomic mass is 16.5. The number of methoxy groups -OCH3 is 4. The molecule has 2 aliphatic rings. The maximum Gasteiger partial charge on any atom is 0.407 e. The van der Waals surface area contributed by atoms with E-state index in [9.17, 15) is 19.2 Å². The molecule has 4 N–H and O–H groups in total. The maximum atomic E-state index is 13.8. The van der Waals surface area contributed by atoms with Crippen molar-refractivity contribution in [2.24, 2.45) is 0 Å². The lowest BCUT2D eigenvalue weighted by atomic mass is 9.99. The van der Waals surface area contributed by atoms with Crippen LogP contribution in [-0.2, 0) is 33.3 Å². The standard InChI is InChI=1S/C42H50N8O9/c1-23(55-3)35(47-41(53)57-5)39(51)49-15-7-8-33(49)37-43-21-32(46-37)29-12-11-25-18-26(9-10-27(25)19-29)28-13-14-30-31(20-28)45-38(44-30)34-22-59-17-16-50(34)40(52)36(24(2)56-4)48-42(54)58-6/h9-14,18-21,23-24,33-36H,7-8,15-17,22H2,1-6H3,(H,43,46)(H,44,45)(H,47,53)(H,48,54)/t23-,24-,33+,34+,35+,36+/m1/s1. The highest BCUT2D eigenvalue weighted by molar-refractivity contribution is 5.92. The van der Waals surface area contributed by atoms with Crippen LogP contribution in [0.15, 0.2) is 60.8 Å². The summed E-state index contributed by atoms with van der Waals surface area (Å²) < 4.78 is 26.1. The van der Waals surface area contributed by atoms with E-state index in [-0.39, 0.29) is 24.5 Å². The molecule has 4 amide bonds. The summed E-state index contributed by atoms with van der Waals surface area (Å²) in [5.74, 6) is 0.675. The van der Waals surface area contributed by atoms with E-state index in [0.717, 1.165) is 57.0 Å². The van der Waals surface area contributed by atoms with E-state index in [2.05, 4.69) is 50.9 Å². The number of ether oxygens (including phenoxy) is 5. The molecular weight excluding hydrogens is 761 g/mol. The Morgan fingerprint density at radius 1 is 0.746 bits per heavy atom. The first kappa shape index (κ1) is 41.1. The summed E-state index contributed by atoms with van der Waals surface area (Å²) in [6.07, 6.45) is 0.721. The number of imidazole rings is 2.